The van der Waals surface area contributed by atoms with Crippen molar-refractivity contribution >= 4 is 23.4 Å². The standard InChI is InChI=1S/C13H14ClNOS/c1-9-3-11(16)5-12(4-9)17-8-10-6-15(2)7-13(10)14/h3-7,16H,8H2,1-2H3. The number of aromatic nitrogens is 1. The number of benzene rings is 1. The summed E-state index contributed by atoms with van der Waals surface area (Å²) in [5.74, 6) is 1.12. The van der Waals surface area contributed by atoms with E-state index in [1.165, 1.54) is 0 Å². The van der Waals surface area contributed by atoms with E-state index in [1.54, 1.807) is 23.9 Å². The molecule has 0 radical (unpaired) electrons. The first kappa shape index (κ1) is 12.4. The van der Waals surface area contributed by atoms with Crippen molar-refractivity contribution in [2.24, 2.45) is 7.05 Å². The predicted molar refractivity (Wildman–Crippen MR) is 72.8 cm³/mol. The molecule has 1 aromatic carbocycles. The molecule has 0 unspecified atom stereocenters. The van der Waals surface area contributed by atoms with Crippen LogP contribution in [0.5, 0.6) is 5.75 Å². The summed E-state index contributed by atoms with van der Waals surface area (Å²) in [7, 11) is 1.96. The van der Waals surface area contributed by atoms with Crippen molar-refractivity contribution in [2.75, 3.05) is 0 Å². The molecular formula is C13H14ClNOS. The number of hydrogen-bond acceptors (Lipinski definition) is 2. The molecule has 1 heterocycles. The molecule has 1 N–H and O–H groups in total. The van der Waals surface area contributed by atoms with E-state index in [2.05, 4.69) is 6.07 Å². The second-order valence-corrected chi connectivity index (χ2v) is 5.55. The normalized spacial score (nSPS) is 10.8. The quantitative estimate of drug-likeness (QED) is 0.851. The van der Waals surface area contributed by atoms with E-state index in [4.69, 9.17) is 11.6 Å². The highest BCUT2D eigenvalue weighted by Crippen LogP contribution is 2.29. The van der Waals surface area contributed by atoms with Crippen molar-refractivity contribution in [1.29, 1.82) is 0 Å². The zero-order valence-electron chi connectivity index (χ0n) is 9.77. The van der Waals surface area contributed by atoms with Gasteiger partial charge in [0.2, 0.25) is 0 Å². The van der Waals surface area contributed by atoms with Crippen LogP contribution in [-0.2, 0) is 12.8 Å². The maximum Gasteiger partial charge on any atom is 0.116 e. The number of hydrogen-bond donors (Lipinski definition) is 1. The van der Waals surface area contributed by atoms with Crippen molar-refractivity contribution in [3.8, 4) is 5.75 Å². The van der Waals surface area contributed by atoms with E-state index in [0.29, 0.717) is 5.75 Å². The van der Waals surface area contributed by atoms with Crippen LogP contribution >= 0.6 is 23.4 Å². The van der Waals surface area contributed by atoms with E-state index >= 15 is 0 Å². The molecule has 0 fully saturated rings. The minimum atomic E-state index is 0.312. The Bertz CT molecular complexity index is 516. The molecule has 4 heteroatoms. The summed E-state index contributed by atoms with van der Waals surface area (Å²) in [6.07, 6.45) is 3.91. The van der Waals surface area contributed by atoms with Gasteiger partial charge in [-0.1, -0.05) is 11.6 Å². The maximum atomic E-state index is 9.51. The van der Waals surface area contributed by atoms with Crippen LogP contribution in [0.3, 0.4) is 0 Å². The number of nitrogens with zero attached hydrogens (tertiary/aromatic N) is 1. The Morgan fingerprint density at radius 3 is 2.65 bits per heavy atom. The van der Waals surface area contributed by atoms with Crippen molar-refractivity contribution in [3.05, 3.63) is 46.7 Å². The Morgan fingerprint density at radius 2 is 2.06 bits per heavy atom. The van der Waals surface area contributed by atoms with Gasteiger partial charge in [0.05, 0.1) is 5.02 Å². The Labute approximate surface area is 110 Å². The van der Waals surface area contributed by atoms with Crippen LogP contribution in [0.1, 0.15) is 11.1 Å². The molecule has 0 amide bonds. The van der Waals surface area contributed by atoms with Gasteiger partial charge in [-0.05, 0) is 36.2 Å². The summed E-state index contributed by atoms with van der Waals surface area (Å²) < 4.78 is 1.95. The summed E-state index contributed by atoms with van der Waals surface area (Å²) in [5.41, 5.74) is 2.17. The Kier molecular flexibility index (Phi) is 3.69. The molecule has 0 saturated carbocycles. The molecule has 0 spiro atoms. The fraction of sp³-hybridized carbons (Fsp3) is 0.231. The zero-order chi connectivity index (χ0) is 12.4. The molecule has 17 heavy (non-hydrogen) atoms. The van der Waals surface area contributed by atoms with Gasteiger partial charge in [0, 0.05) is 30.1 Å². The van der Waals surface area contributed by atoms with Gasteiger partial charge in [-0.3, -0.25) is 0 Å². The fourth-order valence-electron chi connectivity index (χ4n) is 1.69. The molecule has 0 atom stereocenters. The number of halogens is 1. The highest BCUT2D eigenvalue weighted by atomic mass is 35.5. The molecule has 0 bridgehead atoms. The molecule has 0 aliphatic rings. The Hall–Kier alpha value is -1.06. The van der Waals surface area contributed by atoms with Crippen LogP contribution < -0.4 is 0 Å². The van der Waals surface area contributed by atoms with Gasteiger partial charge in [-0.25, -0.2) is 0 Å². The average Bonchev–Trinajstić information content (AvgIpc) is 2.53. The number of aromatic hydroxyl groups is 1. The first-order valence-corrected chi connectivity index (χ1v) is 6.65. The van der Waals surface area contributed by atoms with Crippen LogP contribution in [0.2, 0.25) is 5.02 Å². The lowest BCUT2D eigenvalue weighted by Gasteiger charge is -2.03. The van der Waals surface area contributed by atoms with Crippen molar-refractivity contribution < 1.29 is 5.11 Å². The number of rotatable bonds is 3. The fourth-order valence-corrected chi connectivity index (χ4v) is 3.06. The second kappa shape index (κ2) is 5.07. The minimum Gasteiger partial charge on any atom is -0.508 e. The summed E-state index contributed by atoms with van der Waals surface area (Å²) in [6, 6.07) is 5.58. The van der Waals surface area contributed by atoms with Crippen LogP contribution in [0, 0.1) is 6.92 Å². The lowest BCUT2D eigenvalue weighted by atomic mass is 10.2. The molecule has 2 rings (SSSR count). The third-order valence-corrected chi connectivity index (χ3v) is 3.78. The number of aryl methyl sites for hydroxylation is 2. The Balaban J connectivity index is 2.09. The number of thioether (sulfide) groups is 1. The topological polar surface area (TPSA) is 25.2 Å². The van der Waals surface area contributed by atoms with Gasteiger partial charge in [-0.2, -0.15) is 0 Å². The highest BCUT2D eigenvalue weighted by Gasteiger charge is 2.05. The van der Waals surface area contributed by atoms with E-state index in [1.807, 2.05) is 30.9 Å². The van der Waals surface area contributed by atoms with Crippen molar-refractivity contribution in [2.45, 2.75) is 17.6 Å². The van der Waals surface area contributed by atoms with Crippen molar-refractivity contribution in [3.63, 3.8) is 0 Å². The lowest BCUT2D eigenvalue weighted by Crippen LogP contribution is -1.81. The zero-order valence-corrected chi connectivity index (χ0v) is 11.3. The van der Waals surface area contributed by atoms with Gasteiger partial charge >= 0.3 is 0 Å². The van der Waals surface area contributed by atoms with Gasteiger partial charge in [0.25, 0.3) is 0 Å². The Morgan fingerprint density at radius 1 is 1.29 bits per heavy atom. The molecule has 2 nitrogen and oxygen atoms in total. The van der Waals surface area contributed by atoms with E-state index in [0.717, 1.165) is 26.8 Å². The summed E-state index contributed by atoms with van der Waals surface area (Å²) in [4.78, 5) is 1.06. The van der Waals surface area contributed by atoms with Crippen molar-refractivity contribution in [1.82, 2.24) is 4.57 Å². The largest absolute Gasteiger partial charge is 0.508 e. The third-order valence-electron chi connectivity index (χ3n) is 2.41. The molecule has 0 aliphatic heterocycles. The molecule has 0 aliphatic carbocycles. The summed E-state index contributed by atoms with van der Waals surface area (Å²) in [5, 5.41) is 10.3. The predicted octanol–water partition coefficient (Wildman–Crippen LogP) is 3.98. The molecule has 2 aromatic rings. The van der Waals surface area contributed by atoms with Gasteiger partial charge in [-0.15, -0.1) is 11.8 Å². The van der Waals surface area contributed by atoms with E-state index in [-0.39, 0.29) is 0 Å². The second-order valence-electron chi connectivity index (χ2n) is 4.09. The third kappa shape index (κ3) is 3.20. The summed E-state index contributed by atoms with van der Waals surface area (Å²) >= 11 is 7.76. The molecule has 90 valence electrons. The van der Waals surface area contributed by atoms with Gasteiger partial charge in [0.15, 0.2) is 0 Å². The maximum absolute atomic E-state index is 9.51. The molecular weight excluding hydrogens is 254 g/mol. The number of phenolic OH excluding ortho intramolecular Hbond substituents is 1. The monoisotopic (exact) mass is 267 g/mol. The van der Waals surface area contributed by atoms with Crippen LogP contribution in [0.4, 0.5) is 0 Å². The van der Waals surface area contributed by atoms with Crippen LogP contribution in [-0.4, -0.2) is 9.67 Å². The van der Waals surface area contributed by atoms with E-state index < -0.39 is 0 Å². The summed E-state index contributed by atoms with van der Waals surface area (Å²) in [6.45, 7) is 1.97. The SMILES string of the molecule is Cc1cc(O)cc(SCc2cn(C)cc2Cl)c1. The molecule has 0 saturated heterocycles. The average molecular weight is 268 g/mol. The highest BCUT2D eigenvalue weighted by molar-refractivity contribution is 7.98. The van der Waals surface area contributed by atoms with Crippen LogP contribution in [0.15, 0.2) is 35.5 Å². The van der Waals surface area contributed by atoms with Gasteiger partial charge in [0.1, 0.15) is 5.75 Å². The lowest BCUT2D eigenvalue weighted by molar-refractivity contribution is 0.473. The minimum absolute atomic E-state index is 0.312. The van der Waals surface area contributed by atoms with E-state index in [9.17, 15) is 5.11 Å². The first-order chi connectivity index (χ1) is 8.04. The molecule has 1 aromatic heterocycles. The number of phenols is 1. The smallest absolute Gasteiger partial charge is 0.116 e. The van der Waals surface area contributed by atoms with Gasteiger partial charge < -0.3 is 9.67 Å². The van der Waals surface area contributed by atoms with Crippen LogP contribution in [0.25, 0.3) is 0 Å². The first-order valence-electron chi connectivity index (χ1n) is 5.28.